The molecule has 1 aliphatic rings. The molecule has 0 aromatic carbocycles. The molecule has 0 radical (unpaired) electrons. The molecule has 1 aliphatic carbocycles. The van der Waals surface area contributed by atoms with Crippen LogP contribution in [0.5, 0.6) is 0 Å². The quantitative estimate of drug-likeness (QED) is 0.862. The highest BCUT2D eigenvalue weighted by molar-refractivity contribution is 5.09. The van der Waals surface area contributed by atoms with E-state index in [0.29, 0.717) is 0 Å². The molecule has 1 N–H and O–H groups in total. The molecule has 3 unspecified atom stereocenters. The van der Waals surface area contributed by atoms with Crippen LogP contribution in [0, 0.1) is 17.7 Å². The molecule has 0 amide bonds. The largest absolute Gasteiger partial charge is 0.308 e. The molecule has 2 nitrogen and oxygen atoms in total. The van der Waals surface area contributed by atoms with Crippen LogP contribution in [-0.2, 0) is 0 Å². The summed E-state index contributed by atoms with van der Waals surface area (Å²) in [5.74, 6) is 1.41. The lowest BCUT2D eigenvalue weighted by molar-refractivity contribution is 0.416. The molecule has 1 heterocycles. The molecule has 1 saturated carbocycles. The van der Waals surface area contributed by atoms with Crippen LogP contribution < -0.4 is 5.32 Å². The van der Waals surface area contributed by atoms with Crippen LogP contribution >= 0.6 is 0 Å². The van der Waals surface area contributed by atoms with Gasteiger partial charge < -0.3 is 5.32 Å². The SMILES string of the molecule is CCC(NCC1CCC(C)C1)c1ccc(F)cn1. The van der Waals surface area contributed by atoms with E-state index in [2.05, 4.69) is 24.1 Å². The van der Waals surface area contributed by atoms with Gasteiger partial charge in [-0.1, -0.05) is 20.3 Å². The Hall–Kier alpha value is -0.960. The van der Waals surface area contributed by atoms with Gasteiger partial charge >= 0.3 is 0 Å². The van der Waals surface area contributed by atoms with Gasteiger partial charge in [0.15, 0.2) is 0 Å². The minimum absolute atomic E-state index is 0.251. The highest BCUT2D eigenvalue weighted by atomic mass is 19.1. The number of pyridine rings is 1. The van der Waals surface area contributed by atoms with E-state index in [1.54, 1.807) is 6.07 Å². The van der Waals surface area contributed by atoms with Gasteiger partial charge in [-0.25, -0.2) is 4.39 Å². The number of nitrogens with zero attached hydrogens (tertiary/aromatic N) is 1. The Kier molecular flexibility index (Phi) is 4.70. The summed E-state index contributed by atoms with van der Waals surface area (Å²) in [6, 6.07) is 3.53. The number of hydrogen-bond donors (Lipinski definition) is 1. The summed E-state index contributed by atoms with van der Waals surface area (Å²) in [5, 5.41) is 3.58. The Morgan fingerprint density at radius 2 is 2.28 bits per heavy atom. The van der Waals surface area contributed by atoms with Gasteiger partial charge in [0.2, 0.25) is 0 Å². The van der Waals surface area contributed by atoms with Crippen molar-refractivity contribution in [2.24, 2.45) is 11.8 Å². The first-order chi connectivity index (χ1) is 8.69. The summed E-state index contributed by atoms with van der Waals surface area (Å²) in [6.07, 6.45) is 6.32. The van der Waals surface area contributed by atoms with Crippen LogP contribution in [0.1, 0.15) is 51.3 Å². The Bertz CT molecular complexity index is 363. The minimum atomic E-state index is -0.266. The second-order valence-electron chi connectivity index (χ2n) is 5.55. The first-order valence-corrected chi connectivity index (χ1v) is 7.03. The van der Waals surface area contributed by atoms with Crippen molar-refractivity contribution in [2.45, 2.75) is 45.6 Å². The van der Waals surface area contributed by atoms with Crippen LogP contribution in [0.25, 0.3) is 0 Å². The van der Waals surface area contributed by atoms with Crippen molar-refractivity contribution in [1.29, 1.82) is 0 Å². The molecule has 0 aliphatic heterocycles. The van der Waals surface area contributed by atoms with Crippen molar-refractivity contribution in [1.82, 2.24) is 10.3 Å². The van der Waals surface area contributed by atoms with Gasteiger partial charge in [-0.2, -0.15) is 0 Å². The average Bonchev–Trinajstić information content (AvgIpc) is 2.78. The van der Waals surface area contributed by atoms with E-state index in [-0.39, 0.29) is 11.9 Å². The molecule has 1 aromatic heterocycles. The highest BCUT2D eigenvalue weighted by Crippen LogP contribution is 2.30. The average molecular weight is 250 g/mol. The summed E-state index contributed by atoms with van der Waals surface area (Å²) in [6.45, 7) is 5.53. The van der Waals surface area contributed by atoms with Crippen molar-refractivity contribution in [3.63, 3.8) is 0 Å². The maximum Gasteiger partial charge on any atom is 0.141 e. The highest BCUT2D eigenvalue weighted by Gasteiger charge is 2.22. The van der Waals surface area contributed by atoms with E-state index in [0.717, 1.165) is 30.5 Å². The van der Waals surface area contributed by atoms with E-state index in [4.69, 9.17) is 0 Å². The Labute approximate surface area is 109 Å². The molecule has 100 valence electrons. The molecule has 3 atom stereocenters. The topological polar surface area (TPSA) is 24.9 Å². The normalized spacial score (nSPS) is 25.3. The zero-order chi connectivity index (χ0) is 13.0. The van der Waals surface area contributed by atoms with E-state index in [1.807, 2.05) is 0 Å². The number of halogens is 1. The number of rotatable bonds is 5. The van der Waals surface area contributed by atoms with Crippen LogP contribution in [0.3, 0.4) is 0 Å². The molecule has 3 heteroatoms. The third-order valence-corrected chi connectivity index (χ3v) is 3.97. The second kappa shape index (κ2) is 6.28. The molecule has 0 spiro atoms. The lowest BCUT2D eigenvalue weighted by Gasteiger charge is -2.19. The third-order valence-electron chi connectivity index (χ3n) is 3.97. The Morgan fingerprint density at radius 3 is 2.83 bits per heavy atom. The maximum absolute atomic E-state index is 12.8. The first kappa shape index (κ1) is 13.5. The fourth-order valence-corrected chi connectivity index (χ4v) is 2.87. The molecular weight excluding hydrogens is 227 g/mol. The molecule has 0 bridgehead atoms. The van der Waals surface area contributed by atoms with Crippen molar-refractivity contribution in [2.75, 3.05) is 6.54 Å². The second-order valence-corrected chi connectivity index (χ2v) is 5.55. The lowest BCUT2D eigenvalue weighted by Crippen LogP contribution is -2.26. The molecule has 1 aromatic rings. The smallest absolute Gasteiger partial charge is 0.141 e. The summed E-state index contributed by atoms with van der Waals surface area (Å²) in [7, 11) is 0. The fraction of sp³-hybridized carbons (Fsp3) is 0.667. The molecule has 2 rings (SSSR count). The monoisotopic (exact) mass is 250 g/mol. The predicted molar refractivity (Wildman–Crippen MR) is 71.7 cm³/mol. The van der Waals surface area contributed by atoms with Gasteiger partial charge in [0, 0.05) is 6.04 Å². The molecule has 1 fully saturated rings. The molecule has 0 saturated heterocycles. The van der Waals surface area contributed by atoms with Gasteiger partial charge in [0.25, 0.3) is 0 Å². The fourth-order valence-electron chi connectivity index (χ4n) is 2.87. The van der Waals surface area contributed by atoms with E-state index in [1.165, 1.54) is 31.5 Å². The van der Waals surface area contributed by atoms with Crippen molar-refractivity contribution in [3.05, 3.63) is 29.8 Å². The summed E-state index contributed by atoms with van der Waals surface area (Å²) < 4.78 is 12.8. The van der Waals surface area contributed by atoms with Crippen LogP contribution in [0.4, 0.5) is 4.39 Å². The Balaban J connectivity index is 1.87. The van der Waals surface area contributed by atoms with E-state index >= 15 is 0 Å². The van der Waals surface area contributed by atoms with Crippen LogP contribution in [0.2, 0.25) is 0 Å². The van der Waals surface area contributed by atoms with Crippen molar-refractivity contribution in [3.8, 4) is 0 Å². The van der Waals surface area contributed by atoms with Gasteiger partial charge in [0.1, 0.15) is 5.82 Å². The standard InChI is InChI=1S/C15H23FN2/c1-3-14(15-7-6-13(16)10-18-15)17-9-12-5-4-11(2)8-12/h6-7,10-12,14,17H,3-5,8-9H2,1-2H3. The zero-order valence-electron chi connectivity index (χ0n) is 11.3. The summed E-state index contributed by atoms with van der Waals surface area (Å²) in [4.78, 5) is 4.17. The number of nitrogens with one attached hydrogen (secondary N) is 1. The molecule has 18 heavy (non-hydrogen) atoms. The predicted octanol–water partition coefficient (Wildman–Crippen LogP) is 3.70. The first-order valence-electron chi connectivity index (χ1n) is 7.03. The molecular formula is C15H23FN2. The van der Waals surface area contributed by atoms with E-state index < -0.39 is 0 Å². The summed E-state index contributed by atoms with van der Waals surface area (Å²) in [5.41, 5.74) is 0.949. The zero-order valence-corrected chi connectivity index (χ0v) is 11.3. The number of hydrogen-bond acceptors (Lipinski definition) is 2. The Morgan fingerprint density at radius 1 is 1.44 bits per heavy atom. The maximum atomic E-state index is 12.8. The van der Waals surface area contributed by atoms with Crippen molar-refractivity contribution < 1.29 is 4.39 Å². The number of aromatic nitrogens is 1. The van der Waals surface area contributed by atoms with Gasteiger partial charge in [-0.3, -0.25) is 4.98 Å². The van der Waals surface area contributed by atoms with Gasteiger partial charge in [-0.15, -0.1) is 0 Å². The van der Waals surface area contributed by atoms with Crippen LogP contribution in [0.15, 0.2) is 18.3 Å². The van der Waals surface area contributed by atoms with Crippen LogP contribution in [-0.4, -0.2) is 11.5 Å². The lowest BCUT2D eigenvalue weighted by atomic mass is 10.0. The third kappa shape index (κ3) is 3.52. The summed E-state index contributed by atoms with van der Waals surface area (Å²) >= 11 is 0. The van der Waals surface area contributed by atoms with Crippen molar-refractivity contribution >= 4 is 0 Å². The van der Waals surface area contributed by atoms with E-state index in [9.17, 15) is 4.39 Å². The van der Waals surface area contributed by atoms with Gasteiger partial charge in [-0.05, 0) is 49.8 Å². The minimum Gasteiger partial charge on any atom is -0.308 e. The van der Waals surface area contributed by atoms with Gasteiger partial charge in [0.05, 0.1) is 11.9 Å².